The maximum absolute atomic E-state index is 8.69. The van der Waals surface area contributed by atoms with Crippen molar-refractivity contribution in [3.8, 4) is 0 Å². The third-order valence-electron chi connectivity index (χ3n) is 0. The number of hydrogen-bond donors (Lipinski definition) is 1. The molecule has 1 atom stereocenters. The van der Waals surface area contributed by atoms with Crippen molar-refractivity contribution in [3.05, 3.63) is 0 Å². The van der Waals surface area contributed by atoms with Crippen molar-refractivity contribution in [1.82, 2.24) is 0 Å². The Morgan fingerprint density at radius 2 is 1.12 bits per heavy atom. The molecule has 40 valence electrons. The van der Waals surface area contributed by atoms with E-state index in [2.05, 4.69) is 0 Å². The number of hydrogen-bond acceptors (Lipinski definition) is 4. The van der Waals surface area contributed by atoms with Gasteiger partial charge in [0.1, 0.15) is 0 Å². The molecule has 0 rings (SSSR count). The van der Waals surface area contributed by atoms with Crippen molar-refractivity contribution < 1.29 is 48.7 Å². The molecule has 1 unspecified atom stereocenters. The Labute approximate surface area is 104 Å². The van der Waals surface area contributed by atoms with Crippen LogP contribution in [0.15, 0.2) is 0 Å². The van der Waals surface area contributed by atoms with Crippen molar-refractivity contribution in [1.29, 1.82) is 0 Å². The van der Waals surface area contributed by atoms with Gasteiger partial charge in [-0.3, -0.25) is 0 Å². The summed E-state index contributed by atoms with van der Waals surface area (Å²) in [4.78, 5) is 33.1. The molecule has 0 aliphatic heterocycles. The van der Waals surface area contributed by atoms with E-state index in [1.54, 1.807) is 0 Å². The van der Waals surface area contributed by atoms with Crippen LogP contribution in [0.2, 0.25) is 0 Å². The van der Waals surface area contributed by atoms with E-state index in [1.807, 2.05) is 0 Å². The summed E-state index contributed by atoms with van der Waals surface area (Å²) in [5, 5.41) is 0. The zero-order valence-corrected chi connectivity index (χ0v) is 11.2. The van der Waals surface area contributed by atoms with Crippen molar-refractivity contribution in [3.63, 3.8) is 0 Å². The van der Waals surface area contributed by atoms with E-state index in [0.717, 1.165) is 0 Å². The van der Waals surface area contributed by atoms with Crippen LogP contribution < -0.4 is 43.9 Å². The first kappa shape index (κ1) is 22.4. The molecule has 0 aliphatic carbocycles. The van der Waals surface area contributed by atoms with E-state index in [-0.39, 0.29) is 77.2 Å². The maximum Gasteiger partial charge on any atom is 2.00 e. The van der Waals surface area contributed by atoms with E-state index in [9.17, 15) is 0 Å². The normalized spacial score (nSPS) is 7.50. The third kappa shape index (κ3) is 69.6. The summed E-state index contributed by atoms with van der Waals surface area (Å²) in [5.41, 5.74) is 0. The first-order valence-electron chi connectivity index (χ1n) is 0.836. The molecular formula is H4CaNaO4PSi. The van der Waals surface area contributed by atoms with Crippen LogP contribution in [0, 0.1) is 0 Å². The zero-order chi connectivity index (χ0) is 4.50. The van der Waals surface area contributed by atoms with Crippen molar-refractivity contribution in [2.45, 2.75) is 0 Å². The molecule has 0 aromatic rings. The van der Waals surface area contributed by atoms with Crippen molar-refractivity contribution in [2.75, 3.05) is 0 Å². The summed E-state index contributed by atoms with van der Waals surface area (Å²) in [5.74, 6) is 0. The second-order valence-corrected chi connectivity index (χ2v) is 1.57. The van der Waals surface area contributed by atoms with Gasteiger partial charge in [-0.25, -0.2) is 0 Å². The molecule has 8 heavy (non-hydrogen) atoms. The van der Waals surface area contributed by atoms with Crippen LogP contribution in [0.1, 0.15) is 0 Å². The summed E-state index contributed by atoms with van der Waals surface area (Å²) in [6.07, 6.45) is 0. The Balaban J connectivity index is -0.0000000267. The Morgan fingerprint density at radius 3 is 1.12 bits per heavy atom. The van der Waals surface area contributed by atoms with E-state index >= 15 is 0 Å². The van der Waals surface area contributed by atoms with Gasteiger partial charge in [0, 0.05) is 0 Å². The predicted octanol–water partition coefficient (Wildman–Crippen LogP) is -7.82. The van der Waals surface area contributed by atoms with Gasteiger partial charge in [-0.15, -0.1) is 9.05 Å². The summed E-state index contributed by atoms with van der Waals surface area (Å²) < 4.78 is 0. The van der Waals surface area contributed by atoms with Crippen LogP contribution >= 0.6 is 9.90 Å². The van der Waals surface area contributed by atoms with Crippen LogP contribution in [-0.4, -0.2) is 51.6 Å². The van der Waals surface area contributed by atoms with Crippen LogP contribution in [0.4, 0.5) is 0 Å². The fraction of sp³-hybridized carbons (Fsp3) is 0. The van der Waals surface area contributed by atoms with Crippen LogP contribution in [-0.2, 0) is 0 Å². The molecule has 0 spiro atoms. The monoisotopic (exact) mass is 190 g/mol. The SMILES string of the molecule is P.[Ca+2].[Na+].[O-][Si]([O-])([O-])O. The molecule has 0 bridgehead atoms. The summed E-state index contributed by atoms with van der Waals surface area (Å²) in [7, 11) is -5.36. The smallest absolute Gasteiger partial charge is 0.861 e. The zero-order valence-electron chi connectivity index (χ0n) is 4.59. The van der Waals surface area contributed by atoms with Gasteiger partial charge in [0.25, 0.3) is 0 Å². The fourth-order valence-electron chi connectivity index (χ4n) is 0. The van der Waals surface area contributed by atoms with Gasteiger partial charge < -0.3 is 19.2 Å². The molecule has 0 fully saturated rings. The molecule has 0 amide bonds. The topological polar surface area (TPSA) is 89.4 Å². The molecule has 4 nitrogen and oxygen atoms in total. The minimum atomic E-state index is -5.36. The molecule has 1 N–H and O–H groups in total. The van der Waals surface area contributed by atoms with E-state index in [1.165, 1.54) is 0 Å². The first-order chi connectivity index (χ1) is 2.00. The Bertz CT molecular complexity index is 31.5. The van der Waals surface area contributed by atoms with E-state index < -0.39 is 9.05 Å². The van der Waals surface area contributed by atoms with Crippen molar-refractivity contribution >= 4 is 56.7 Å². The van der Waals surface area contributed by atoms with Crippen molar-refractivity contribution in [2.24, 2.45) is 0 Å². The van der Waals surface area contributed by atoms with Gasteiger partial charge in [0.05, 0.1) is 0 Å². The summed E-state index contributed by atoms with van der Waals surface area (Å²) in [6.45, 7) is 0. The molecular weight excluding hydrogens is 186 g/mol. The van der Waals surface area contributed by atoms with E-state index in [0.29, 0.717) is 0 Å². The van der Waals surface area contributed by atoms with E-state index in [4.69, 9.17) is 19.2 Å². The third-order valence-corrected chi connectivity index (χ3v) is 0. The minimum absolute atomic E-state index is 0. The van der Waals surface area contributed by atoms with Gasteiger partial charge in [0.15, 0.2) is 0 Å². The standard InChI is InChI=1S/Ca.Na.HO4Si.H3P/c;;1-5(2,3)4;/h;;1H;1H3/q+2;+1;-3;. The Morgan fingerprint density at radius 1 is 1.12 bits per heavy atom. The molecule has 0 saturated heterocycles. The Kier molecular flexibility index (Phi) is 27.3. The summed E-state index contributed by atoms with van der Waals surface area (Å²) in [6, 6.07) is 0. The molecule has 0 aromatic heterocycles. The summed E-state index contributed by atoms with van der Waals surface area (Å²) >= 11 is 0. The van der Waals surface area contributed by atoms with Crippen LogP contribution in [0.25, 0.3) is 0 Å². The van der Waals surface area contributed by atoms with Gasteiger partial charge >= 0.3 is 67.3 Å². The van der Waals surface area contributed by atoms with Crippen LogP contribution in [0.5, 0.6) is 0 Å². The molecule has 0 heterocycles. The van der Waals surface area contributed by atoms with Gasteiger partial charge in [0.2, 0.25) is 0 Å². The van der Waals surface area contributed by atoms with Gasteiger partial charge in [-0.05, 0) is 0 Å². The molecule has 0 aromatic carbocycles. The van der Waals surface area contributed by atoms with Gasteiger partial charge in [-0.1, -0.05) is 0 Å². The second kappa shape index (κ2) is 9.75. The maximum atomic E-state index is 8.69. The molecule has 0 saturated carbocycles. The largest absolute Gasteiger partial charge is 2.00 e. The average Bonchev–Trinajstić information content (AvgIpc) is 0.722. The van der Waals surface area contributed by atoms with Gasteiger partial charge in [-0.2, -0.15) is 9.90 Å². The average molecular weight is 190 g/mol. The predicted molar refractivity (Wildman–Crippen MR) is 24.8 cm³/mol. The first-order valence-corrected chi connectivity index (χ1v) is 2.51. The Hall–Kier alpha value is 2.75. The molecule has 0 aliphatic rings. The van der Waals surface area contributed by atoms with Crippen LogP contribution in [0.3, 0.4) is 0 Å². The minimum Gasteiger partial charge on any atom is -0.861 e. The molecule has 8 heteroatoms. The number of rotatable bonds is 0. The second-order valence-electron chi connectivity index (χ2n) is 0.524. The molecule has 0 radical (unpaired) electrons. The quantitative estimate of drug-likeness (QED) is 0.303. The fourth-order valence-corrected chi connectivity index (χ4v) is 0.